The summed E-state index contributed by atoms with van der Waals surface area (Å²) in [5.74, 6) is -0.245. The Kier molecular flexibility index (Phi) is 6.53. The quantitative estimate of drug-likeness (QED) is 0.565. The lowest BCUT2D eigenvalue weighted by atomic mass is 10.0. The maximum Gasteiger partial charge on any atom is 0.255 e. The van der Waals surface area contributed by atoms with Gasteiger partial charge in [0.15, 0.2) is 0 Å². The van der Waals surface area contributed by atoms with Crippen molar-refractivity contribution < 1.29 is 14.4 Å². The Morgan fingerprint density at radius 2 is 1.46 bits per heavy atom. The number of likely N-dealkylation sites (tertiary alicyclic amines) is 2. The molecule has 0 unspecified atom stereocenters. The molecular formula is C29H31N3O3. The molecule has 3 aromatic rings. The first-order chi connectivity index (χ1) is 17.0. The van der Waals surface area contributed by atoms with Crippen molar-refractivity contribution in [2.24, 2.45) is 0 Å². The summed E-state index contributed by atoms with van der Waals surface area (Å²) in [6.45, 7) is 1.62. The molecule has 180 valence electrons. The Balaban J connectivity index is 1.33. The van der Waals surface area contributed by atoms with E-state index in [1.54, 1.807) is 21.7 Å². The van der Waals surface area contributed by atoms with Crippen LogP contribution in [0.15, 0.2) is 72.8 Å². The van der Waals surface area contributed by atoms with Gasteiger partial charge < -0.3 is 14.7 Å². The van der Waals surface area contributed by atoms with Crippen LogP contribution in [0.1, 0.15) is 41.6 Å². The normalized spacial score (nSPS) is 19.8. The maximum absolute atomic E-state index is 13.7. The number of carbonyl (C=O) groups is 3. The highest BCUT2D eigenvalue weighted by Crippen LogP contribution is 2.29. The zero-order valence-electron chi connectivity index (χ0n) is 20.1. The Bertz CT molecular complexity index is 1240. The van der Waals surface area contributed by atoms with E-state index in [1.807, 2.05) is 72.8 Å². The monoisotopic (exact) mass is 469 g/mol. The molecule has 6 nitrogen and oxygen atoms in total. The summed E-state index contributed by atoms with van der Waals surface area (Å²) in [5.41, 5.74) is 1.68. The predicted octanol–water partition coefficient (Wildman–Crippen LogP) is 4.09. The van der Waals surface area contributed by atoms with E-state index in [-0.39, 0.29) is 17.7 Å². The molecule has 0 aromatic heterocycles. The summed E-state index contributed by atoms with van der Waals surface area (Å²) in [5, 5.41) is 1.90. The summed E-state index contributed by atoms with van der Waals surface area (Å²) in [4.78, 5) is 45.8. The minimum atomic E-state index is -0.519. The van der Waals surface area contributed by atoms with E-state index in [1.165, 1.54) is 0 Å². The lowest BCUT2D eigenvalue weighted by molar-refractivity contribution is -0.145. The fourth-order valence-electron chi connectivity index (χ4n) is 5.50. The van der Waals surface area contributed by atoms with Crippen LogP contribution in [0.4, 0.5) is 0 Å². The minimum Gasteiger partial charge on any atom is -0.340 e. The Morgan fingerprint density at radius 1 is 0.800 bits per heavy atom. The first-order valence-corrected chi connectivity index (χ1v) is 12.4. The third kappa shape index (κ3) is 4.53. The largest absolute Gasteiger partial charge is 0.340 e. The van der Waals surface area contributed by atoms with Gasteiger partial charge in [0.1, 0.15) is 12.1 Å². The van der Waals surface area contributed by atoms with Gasteiger partial charge in [0.2, 0.25) is 11.8 Å². The van der Waals surface area contributed by atoms with E-state index < -0.39 is 12.1 Å². The van der Waals surface area contributed by atoms with E-state index in [4.69, 9.17) is 0 Å². The van der Waals surface area contributed by atoms with Crippen molar-refractivity contribution in [3.63, 3.8) is 0 Å². The topological polar surface area (TPSA) is 60.9 Å². The molecule has 2 heterocycles. The van der Waals surface area contributed by atoms with E-state index in [2.05, 4.69) is 0 Å². The molecule has 2 fully saturated rings. The molecule has 3 aromatic carbocycles. The second-order valence-corrected chi connectivity index (χ2v) is 9.55. The average molecular weight is 470 g/mol. The first kappa shape index (κ1) is 23.1. The van der Waals surface area contributed by atoms with Crippen LogP contribution in [-0.2, 0) is 16.1 Å². The molecule has 0 N–H and O–H groups in total. The van der Waals surface area contributed by atoms with Crippen molar-refractivity contribution >= 4 is 28.5 Å². The van der Waals surface area contributed by atoms with E-state index in [0.717, 1.165) is 29.2 Å². The molecule has 2 atom stereocenters. The average Bonchev–Trinajstić information content (AvgIpc) is 3.58. The fraction of sp³-hybridized carbons (Fsp3) is 0.345. The number of benzene rings is 3. The van der Waals surface area contributed by atoms with Crippen LogP contribution in [0.2, 0.25) is 0 Å². The van der Waals surface area contributed by atoms with Gasteiger partial charge in [-0.3, -0.25) is 14.4 Å². The van der Waals surface area contributed by atoms with Crippen LogP contribution in [0.3, 0.4) is 0 Å². The molecule has 2 saturated heterocycles. The number of likely N-dealkylation sites (N-methyl/N-ethyl adjacent to an activating group) is 1. The van der Waals surface area contributed by atoms with Crippen molar-refractivity contribution in [3.8, 4) is 0 Å². The number of hydrogen-bond donors (Lipinski definition) is 0. The van der Waals surface area contributed by atoms with Crippen molar-refractivity contribution in [3.05, 3.63) is 83.9 Å². The highest BCUT2D eigenvalue weighted by molar-refractivity contribution is 6.08. The summed E-state index contributed by atoms with van der Waals surface area (Å²) < 4.78 is 0. The summed E-state index contributed by atoms with van der Waals surface area (Å²) in [6.07, 6.45) is 2.87. The van der Waals surface area contributed by atoms with E-state index in [0.29, 0.717) is 38.0 Å². The van der Waals surface area contributed by atoms with Gasteiger partial charge in [-0.2, -0.15) is 0 Å². The minimum absolute atomic E-state index is 0.0374. The van der Waals surface area contributed by atoms with Crippen molar-refractivity contribution in [1.82, 2.24) is 14.7 Å². The molecule has 35 heavy (non-hydrogen) atoms. The zero-order valence-corrected chi connectivity index (χ0v) is 20.1. The molecule has 6 heteroatoms. The number of hydrogen-bond acceptors (Lipinski definition) is 3. The number of carbonyl (C=O) groups excluding carboxylic acids is 3. The van der Waals surface area contributed by atoms with Gasteiger partial charge in [-0.05, 0) is 48.1 Å². The number of rotatable bonds is 5. The van der Waals surface area contributed by atoms with Gasteiger partial charge in [0.05, 0.1) is 0 Å². The maximum atomic E-state index is 13.7. The summed E-state index contributed by atoms with van der Waals surface area (Å²) >= 11 is 0. The van der Waals surface area contributed by atoms with Crippen LogP contribution in [0.5, 0.6) is 0 Å². The molecular weight excluding hydrogens is 438 g/mol. The highest BCUT2D eigenvalue weighted by atomic mass is 16.2. The highest BCUT2D eigenvalue weighted by Gasteiger charge is 2.43. The fourth-order valence-corrected chi connectivity index (χ4v) is 5.50. The molecule has 3 amide bonds. The van der Waals surface area contributed by atoms with Gasteiger partial charge in [0.25, 0.3) is 5.91 Å². The van der Waals surface area contributed by atoms with Crippen LogP contribution in [0.25, 0.3) is 10.8 Å². The van der Waals surface area contributed by atoms with Gasteiger partial charge in [0, 0.05) is 32.2 Å². The number of fused-ring (bicyclic) bond motifs is 1. The number of nitrogens with zero attached hydrogens (tertiary/aromatic N) is 3. The van der Waals surface area contributed by atoms with Crippen LogP contribution in [-0.4, -0.2) is 64.6 Å². The van der Waals surface area contributed by atoms with Gasteiger partial charge in [-0.1, -0.05) is 66.7 Å². The van der Waals surface area contributed by atoms with Crippen molar-refractivity contribution in [2.45, 2.75) is 44.3 Å². The standard InChI is InChI=1S/C29H31N3O3/c1-30(20-21-10-3-2-4-11-21)28(34)25-16-8-19-32(25)29(35)26-17-9-18-31(26)27(33)24-15-7-13-22-12-5-6-14-23(22)24/h2-7,10-15,25-26H,8-9,16-20H2,1H3/t25-,26-/m0/s1. The first-order valence-electron chi connectivity index (χ1n) is 12.4. The van der Waals surface area contributed by atoms with E-state index >= 15 is 0 Å². The second-order valence-electron chi connectivity index (χ2n) is 9.55. The lowest BCUT2D eigenvalue weighted by Gasteiger charge is -2.32. The lowest BCUT2D eigenvalue weighted by Crippen LogP contribution is -2.53. The molecule has 0 radical (unpaired) electrons. The molecule has 0 aliphatic carbocycles. The third-order valence-electron chi connectivity index (χ3n) is 7.28. The molecule has 2 aliphatic rings. The van der Waals surface area contributed by atoms with E-state index in [9.17, 15) is 14.4 Å². The van der Waals surface area contributed by atoms with Gasteiger partial charge in [-0.15, -0.1) is 0 Å². The Hall–Kier alpha value is -3.67. The molecule has 0 saturated carbocycles. The molecule has 5 rings (SSSR count). The van der Waals surface area contributed by atoms with Crippen LogP contribution >= 0.6 is 0 Å². The van der Waals surface area contributed by atoms with Crippen molar-refractivity contribution in [2.75, 3.05) is 20.1 Å². The summed E-state index contributed by atoms with van der Waals surface area (Å²) in [6, 6.07) is 22.4. The SMILES string of the molecule is CN(Cc1ccccc1)C(=O)[C@@H]1CCCN1C(=O)[C@@H]1CCCN1C(=O)c1cccc2ccccc12. The van der Waals surface area contributed by atoms with Gasteiger partial charge in [-0.25, -0.2) is 0 Å². The van der Waals surface area contributed by atoms with Crippen LogP contribution in [0, 0.1) is 0 Å². The third-order valence-corrected chi connectivity index (χ3v) is 7.28. The molecule has 2 aliphatic heterocycles. The van der Waals surface area contributed by atoms with Crippen LogP contribution < -0.4 is 0 Å². The Labute approximate surface area is 206 Å². The Morgan fingerprint density at radius 3 is 2.26 bits per heavy atom. The number of amides is 3. The zero-order chi connectivity index (χ0) is 24.4. The molecule has 0 spiro atoms. The second kappa shape index (κ2) is 9.90. The smallest absolute Gasteiger partial charge is 0.255 e. The van der Waals surface area contributed by atoms with Crippen molar-refractivity contribution in [1.29, 1.82) is 0 Å². The summed E-state index contributed by atoms with van der Waals surface area (Å²) in [7, 11) is 1.79. The van der Waals surface area contributed by atoms with Gasteiger partial charge >= 0.3 is 0 Å². The molecule has 0 bridgehead atoms. The predicted molar refractivity (Wildman–Crippen MR) is 136 cm³/mol.